The van der Waals surface area contributed by atoms with Crippen molar-refractivity contribution >= 4 is 22.9 Å². The third-order valence-corrected chi connectivity index (χ3v) is 4.75. The number of rotatable bonds is 6. The van der Waals surface area contributed by atoms with Gasteiger partial charge < -0.3 is 13.8 Å². The Morgan fingerprint density at radius 1 is 1.27 bits per heavy atom. The first-order valence-corrected chi connectivity index (χ1v) is 9.32. The van der Waals surface area contributed by atoms with Crippen molar-refractivity contribution in [2.75, 3.05) is 12.4 Å². The van der Waals surface area contributed by atoms with Gasteiger partial charge in [-0.1, -0.05) is 29.4 Å². The van der Waals surface area contributed by atoms with Gasteiger partial charge in [-0.05, 0) is 36.8 Å². The van der Waals surface area contributed by atoms with Gasteiger partial charge in [0, 0.05) is 0 Å². The lowest BCUT2D eigenvalue weighted by atomic mass is 10.1. The maximum Gasteiger partial charge on any atom is 0.232 e. The van der Waals surface area contributed by atoms with Crippen LogP contribution in [-0.2, 0) is 17.8 Å². The standard InChI is InChI=1S/C22H19N5O3/c1-14-17(12-23)19(26-30-14)11-21(28)25-22-24-18-8-3-4-9-20(18)27(22)13-15-6-5-7-16(10-15)29-2/h3-10H,11,13H2,1-2H3,(H,24,25,28). The van der Waals surface area contributed by atoms with Gasteiger partial charge in [-0.25, -0.2) is 4.98 Å². The molecule has 0 bridgehead atoms. The van der Waals surface area contributed by atoms with Gasteiger partial charge in [-0.15, -0.1) is 0 Å². The quantitative estimate of drug-likeness (QED) is 0.530. The molecule has 2 aromatic heterocycles. The second kappa shape index (κ2) is 8.09. The number of carbonyl (C=O) groups excluding carboxylic acids is 1. The molecule has 2 heterocycles. The number of carbonyl (C=O) groups is 1. The topological polar surface area (TPSA) is 106 Å². The van der Waals surface area contributed by atoms with Crippen molar-refractivity contribution in [3.8, 4) is 11.8 Å². The van der Waals surface area contributed by atoms with E-state index in [9.17, 15) is 10.1 Å². The number of fused-ring (bicyclic) bond motifs is 1. The minimum Gasteiger partial charge on any atom is -0.497 e. The summed E-state index contributed by atoms with van der Waals surface area (Å²) in [5, 5.41) is 15.9. The molecule has 0 radical (unpaired) electrons. The highest BCUT2D eigenvalue weighted by atomic mass is 16.5. The second-order valence-electron chi connectivity index (χ2n) is 6.76. The Balaban J connectivity index is 1.64. The summed E-state index contributed by atoms with van der Waals surface area (Å²) < 4.78 is 12.3. The van der Waals surface area contributed by atoms with Crippen LogP contribution in [0.15, 0.2) is 53.1 Å². The largest absolute Gasteiger partial charge is 0.497 e. The molecule has 1 N–H and O–H groups in total. The van der Waals surface area contributed by atoms with Gasteiger partial charge in [-0.2, -0.15) is 5.26 Å². The number of aromatic nitrogens is 3. The first-order valence-electron chi connectivity index (χ1n) is 9.32. The third-order valence-electron chi connectivity index (χ3n) is 4.75. The van der Waals surface area contributed by atoms with Crippen molar-refractivity contribution in [2.24, 2.45) is 0 Å². The van der Waals surface area contributed by atoms with Crippen molar-refractivity contribution < 1.29 is 14.1 Å². The third kappa shape index (κ3) is 3.73. The predicted molar refractivity (Wildman–Crippen MR) is 110 cm³/mol. The van der Waals surface area contributed by atoms with E-state index < -0.39 is 0 Å². The van der Waals surface area contributed by atoms with Crippen molar-refractivity contribution in [2.45, 2.75) is 19.9 Å². The van der Waals surface area contributed by atoms with Crippen molar-refractivity contribution in [1.29, 1.82) is 5.26 Å². The molecule has 0 atom stereocenters. The first-order chi connectivity index (χ1) is 14.6. The molecule has 1 amide bonds. The van der Waals surface area contributed by atoms with E-state index in [1.54, 1.807) is 14.0 Å². The van der Waals surface area contributed by atoms with Gasteiger partial charge in [0.1, 0.15) is 23.1 Å². The summed E-state index contributed by atoms with van der Waals surface area (Å²) in [6.07, 6.45) is -0.0808. The number of benzene rings is 2. The van der Waals surface area contributed by atoms with Crippen LogP contribution >= 0.6 is 0 Å². The van der Waals surface area contributed by atoms with Crippen molar-refractivity contribution in [1.82, 2.24) is 14.7 Å². The Bertz CT molecular complexity index is 1270. The van der Waals surface area contributed by atoms with E-state index in [1.165, 1.54) is 0 Å². The molecule has 0 saturated heterocycles. The normalized spacial score (nSPS) is 10.7. The molecule has 0 aliphatic carbocycles. The minimum atomic E-state index is -0.331. The lowest BCUT2D eigenvalue weighted by Gasteiger charge is -2.11. The molecule has 4 rings (SSSR count). The number of nitrogens with one attached hydrogen (secondary N) is 1. The molecule has 2 aromatic carbocycles. The van der Waals surface area contributed by atoms with Crippen LogP contribution in [0.25, 0.3) is 11.0 Å². The number of para-hydroxylation sites is 2. The fourth-order valence-corrected chi connectivity index (χ4v) is 3.29. The van der Waals surface area contributed by atoms with Gasteiger partial charge >= 0.3 is 0 Å². The van der Waals surface area contributed by atoms with E-state index in [0.29, 0.717) is 23.9 Å². The summed E-state index contributed by atoms with van der Waals surface area (Å²) in [6, 6.07) is 17.4. The fourth-order valence-electron chi connectivity index (χ4n) is 3.29. The van der Waals surface area contributed by atoms with Crippen LogP contribution in [-0.4, -0.2) is 27.7 Å². The van der Waals surface area contributed by atoms with Crippen LogP contribution in [0.2, 0.25) is 0 Å². The summed E-state index contributed by atoms with van der Waals surface area (Å²) >= 11 is 0. The molecule has 150 valence electrons. The van der Waals surface area contributed by atoms with Gasteiger partial charge in [0.05, 0.1) is 31.1 Å². The number of ether oxygens (including phenoxy) is 1. The van der Waals surface area contributed by atoms with Crippen LogP contribution in [0.1, 0.15) is 22.6 Å². The summed E-state index contributed by atoms with van der Waals surface area (Å²) in [7, 11) is 1.62. The number of anilines is 1. The Kier molecular flexibility index (Phi) is 5.18. The minimum absolute atomic E-state index is 0.0808. The number of imidazole rings is 1. The zero-order valence-electron chi connectivity index (χ0n) is 16.5. The Morgan fingerprint density at radius 3 is 2.90 bits per heavy atom. The smallest absolute Gasteiger partial charge is 0.232 e. The van der Waals surface area contributed by atoms with Crippen LogP contribution in [0.3, 0.4) is 0 Å². The van der Waals surface area contributed by atoms with Gasteiger partial charge in [0.25, 0.3) is 0 Å². The van der Waals surface area contributed by atoms with E-state index in [4.69, 9.17) is 9.26 Å². The van der Waals surface area contributed by atoms with Crippen LogP contribution < -0.4 is 10.1 Å². The number of nitriles is 1. The van der Waals surface area contributed by atoms with E-state index >= 15 is 0 Å². The van der Waals surface area contributed by atoms with Crippen LogP contribution in [0, 0.1) is 18.3 Å². The Hall–Kier alpha value is -4.12. The Labute approximate surface area is 172 Å². The summed E-state index contributed by atoms with van der Waals surface area (Å²) in [6.45, 7) is 2.14. The maximum absolute atomic E-state index is 12.7. The van der Waals surface area contributed by atoms with E-state index in [0.717, 1.165) is 22.3 Å². The lowest BCUT2D eigenvalue weighted by molar-refractivity contribution is -0.115. The molecule has 0 saturated carbocycles. The molecule has 0 spiro atoms. The predicted octanol–water partition coefficient (Wildman–Crippen LogP) is 3.44. The fraction of sp³-hybridized carbons (Fsp3) is 0.182. The van der Waals surface area contributed by atoms with E-state index in [-0.39, 0.29) is 17.9 Å². The van der Waals surface area contributed by atoms with Crippen LogP contribution in [0.4, 0.5) is 5.95 Å². The van der Waals surface area contributed by atoms with Gasteiger partial charge in [-0.3, -0.25) is 10.1 Å². The SMILES string of the molecule is COc1cccc(Cn2c(NC(=O)Cc3noc(C)c3C#N)nc3ccccc32)c1. The van der Waals surface area contributed by atoms with Crippen molar-refractivity contribution in [3.63, 3.8) is 0 Å². The molecule has 0 fully saturated rings. The molecule has 4 aromatic rings. The molecule has 0 unspecified atom stereocenters. The Morgan fingerprint density at radius 2 is 2.10 bits per heavy atom. The van der Waals surface area contributed by atoms with Gasteiger partial charge in [0.2, 0.25) is 11.9 Å². The number of nitrogens with zero attached hydrogens (tertiary/aromatic N) is 4. The van der Waals surface area contributed by atoms with Gasteiger partial charge in [0.15, 0.2) is 5.76 Å². The summed E-state index contributed by atoms with van der Waals surface area (Å²) in [5.41, 5.74) is 3.26. The van der Waals surface area contributed by atoms with E-state index in [1.807, 2.05) is 59.2 Å². The van der Waals surface area contributed by atoms with E-state index in [2.05, 4.69) is 15.5 Å². The number of methoxy groups -OCH3 is 1. The molecule has 8 heteroatoms. The van der Waals surface area contributed by atoms with Crippen molar-refractivity contribution in [3.05, 3.63) is 71.1 Å². The molecule has 0 aliphatic rings. The summed E-state index contributed by atoms with van der Waals surface area (Å²) in [5.74, 6) is 1.24. The number of amides is 1. The summed E-state index contributed by atoms with van der Waals surface area (Å²) in [4.78, 5) is 17.2. The average molecular weight is 401 g/mol. The average Bonchev–Trinajstić information content (AvgIpc) is 3.27. The number of aryl methyl sites for hydroxylation is 1. The van der Waals surface area contributed by atoms with Crippen LogP contribution in [0.5, 0.6) is 5.75 Å². The molecule has 0 aliphatic heterocycles. The first kappa shape index (κ1) is 19.2. The highest BCUT2D eigenvalue weighted by molar-refractivity contribution is 5.93. The number of hydrogen-bond donors (Lipinski definition) is 1. The molecular formula is C22H19N5O3. The lowest BCUT2D eigenvalue weighted by Crippen LogP contribution is -2.19. The zero-order valence-corrected chi connectivity index (χ0v) is 16.5. The second-order valence-corrected chi connectivity index (χ2v) is 6.76. The molecule has 30 heavy (non-hydrogen) atoms. The highest BCUT2D eigenvalue weighted by Crippen LogP contribution is 2.23. The monoisotopic (exact) mass is 401 g/mol. The molecule has 8 nitrogen and oxygen atoms in total. The number of hydrogen-bond acceptors (Lipinski definition) is 6. The molecular weight excluding hydrogens is 382 g/mol. The maximum atomic E-state index is 12.7. The highest BCUT2D eigenvalue weighted by Gasteiger charge is 2.18. The zero-order chi connectivity index (χ0) is 21.1.